The van der Waals surface area contributed by atoms with Crippen molar-refractivity contribution in [2.24, 2.45) is 0 Å². The van der Waals surface area contributed by atoms with Crippen molar-refractivity contribution in [1.82, 2.24) is 4.98 Å². The Bertz CT molecular complexity index is 902. The Balaban J connectivity index is 2.11. The van der Waals surface area contributed by atoms with Gasteiger partial charge in [0, 0.05) is 11.6 Å². The van der Waals surface area contributed by atoms with Gasteiger partial charge in [0.25, 0.3) is 10.0 Å². The zero-order chi connectivity index (χ0) is 14.9. The Morgan fingerprint density at radius 2 is 1.76 bits per heavy atom. The number of nitrogen functional groups attached to an aromatic ring is 1. The first kappa shape index (κ1) is 13.4. The van der Waals surface area contributed by atoms with Gasteiger partial charge in [0.1, 0.15) is 0 Å². The Hall–Kier alpha value is -2.60. The van der Waals surface area contributed by atoms with Crippen molar-refractivity contribution in [3.8, 4) is 0 Å². The number of anilines is 2. The normalized spacial score (nSPS) is 11.4. The molecular weight excluding hydrogens is 286 g/mol. The van der Waals surface area contributed by atoms with E-state index in [2.05, 4.69) is 9.71 Å². The molecule has 0 aliphatic heterocycles. The molecule has 0 aliphatic carbocycles. The first-order chi connectivity index (χ1) is 10.1. The van der Waals surface area contributed by atoms with Gasteiger partial charge in [-0.25, -0.2) is 8.42 Å². The fourth-order valence-electron chi connectivity index (χ4n) is 2.10. The highest BCUT2D eigenvalue weighted by molar-refractivity contribution is 7.93. The molecule has 1 heterocycles. The predicted octanol–water partition coefficient (Wildman–Crippen LogP) is 2.62. The number of nitrogens with zero attached hydrogens (tertiary/aromatic N) is 1. The maximum atomic E-state index is 12.6. The maximum Gasteiger partial charge on any atom is 0.262 e. The summed E-state index contributed by atoms with van der Waals surface area (Å²) in [4.78, 5) is 4.34. The maximum absolute atomic E-state index is 12.6. The van der Waals surface area contributed by atoms with Gasteiger partial charge in [0.15, 0.2) is 0 Å². The molecule has 106 valence electrons. The summed E-state index contributed by atoms with van der Waals surface area (Å²) >= 11 is 0. The van der Waals surface area contributed by atoms with Gasteiger partial charge in [0.2, 0.25) is 0 Å². The second kappa shape index (κ2) is 5.06. The monoisotopic (exact) mass is 299 g/mol. The number of nitrogens with two attached hydrogens (primary N) is 1. The van der Waals surface area contributed by atoms with Crippen LogP contribution in [-0.4, -0.2) is 13.4 Å². The number of rotatable bonds is 3. The summed E-state index contributed by atoms with van der Waals surface area (Å²) in [6, 6.07) is 15.1. The quantitative estimate of drug-likeness (QED) is 0.728. The molecule has 0 spiro atoms. The van der Waals surface area contributed by atoms with Crippen LogP contribution in [-0.2, 0) is 10.0 Å². The third-order valence-electron chi connectivity index (χ3n) is 3.10. The van der Waals surface area contributed by atoms with Crippen molar-refractivity contribution in [3.05, 3.63) is 60.8 Å². The van der Waals surface area contributed by atoms with Crippen molar-refractivity contribution in [1.29, 1.82) is 0 Å². The minimum Gasteiger partial charge on any atom is -0.397 e. The molecular formula is C15H13N3O2S. The third-order valence-corrected chi connectivity index (χ3v) is 4.52. The lowest BCUT2D eigenvalue weighted by atomic mass is 10.2. The highest BCUT2D eigenvalue weighted by atomic mass is 32.2. The summed E-state index contributed by atoms with van der Waals surface area (Å²) < 4.78 is 27.7. The molecule has 2 aromatic carbocycles. The number of sulfonamides is 1. The average molecular weight is 299 g/mol. The molecule has 0 saturated carbocycles. The Labute approximate surface area is 122 Å². The summed E-state index contributed by atoms with van der Waals surface area (Å²) in [5.74, 6) is 0. The standard InChI is InChI=1S/C15H13N3O2S/c16-12-6-1-2-7-14(12)18-21(19,20)15-9-3-8-13-11(15)5-4-10-17-13/h1-10,18H,16H2. The van der Waals surface area contributed by atoms with Crippen LogP contribution in [0, 0.1) is 0 Å². The molecule has 6 heteroatoms. The van der Waals surface area contributed by atoms with Crippen molar-refractivity contribution in [3.63, 3.8) is 0 Å². The average Bonchev–Trinajstić information content (AvgIpc) is 2.49. The number of hydrogen-bond donors (Lipinski definition) is 2. The van der Waals surface area contributed by atoms with Gasteiger partial charge in [-0.2, -0.15) is 0 Å². The summed E-state index contributed by atoms with van der Waals surface area (Å²) in [7, 11) is -3.73. The molecule has 3 rings (SSSR count). The number of para-hydroxylation sites is 2. The largest absolute Gasteiger partial charge is 0.397 e. The number of pyridine rings is 1. The SMILES string of the molecule is Nc1ccccc1NS(=O)(=O)c1cccc2ncccc12. The molecule has 0 bridgehead atoms. The van der Waals surface area contributed by atoms with Gasteiger partial charge in [0.05, 0.1) is 21.8 Å². The van der Waals surface area contributed by atoms with E-state index in [0.29, 0.717) is 22.3 Å². The number of hydrogen-bond acceptors (Lipinski definition) is 4. The lowest BCUT2D eigenvalue weighted by molar-refractivity contribution is 0.602. The van der Waals surface area contributed by atoms with E-state index in [1.54, 1.807) is 60.8 Å². The third kappa shape index (κ3) is 2.53. The Kier molecular flexibility index (Phi) is 3.23. The smallest absolute Gasteiger partial charge is 0.262 e. The van der Waals surface area contributed by atoms with Crippen LogP contribution >= 0.6 is 0 Å². The number of benzene rings is 2. The highest BCUT2D eigenvalue weighted by Crippen LogP contribution is 2.25. The molecule has 3 N–H and O–H groups in total. The van der Waals surface area contributed by atoms with Crippen LogP contribution in [0.4, 0.5) is 11.4 Å². The summed E-state index contributed by atoms with van der Waals surface area (Å²) in [5, 5.41) is 0.571. The van der Waals surface area contributed by atoms with E-state index in [-0.39, 0.29) is 4.90 Å². The molecule has 0 unspecified atom stereocenters. The van der Waals surface area contributed by atoms with Gasteiger partial charge in [-0.05, 0) is 36.4 Å². The minimum absolute atomic E-state index is 0.177. The fraction of sp³-hybridized carbons (Fsp3) is 0. The fourth-order valence-corrected chi connectivity index (χ4v) is 3.40. The molecule has 5 nitrogen and oxygen atoms in total. The second-order valence-corrected chi connectivity index (χ2v) is 6.17. The van der Waals surface area contributed by atoms with Crippen LogP contribution in [0.2, 0.25) is 0 Å². The predicted molar refractivity (Wildman–Crippen MR) is 83.4 cm³/mol. The summed E-state index contributed by atoms with van der Waals surface area (Å²) in [6.45, 7) is 0. The lowest BCUT2D eigenvalue weighted by Gasteiger charge is -2.11. The molecule has 0 radical (unpaired) electrons. The first-order valence-electron chi connectivity index (χ1n) is 6.29. The molecule has 0 atom stereocenters. The van der Waals surface area contributed by atoms with Crippen LogP contribution in [0.15, 0.2) is 65.7 Å². The molecule has 1 aromatic heterocycles. The molecule has 0 saturated heterocycles. The van der Waals surface area contributed by atoms with Gasteiger partial charge in [-0.3, -0.25) is 9.71 Å². The van der Waals surface area contributed by atoms with Crippen LogP contribution < -0.4 is 10.5 Å². The summed E-state index contributed by atoms with van der Waals surface area (Å²) in [5.41, 5.74) is 7.14. The highest BCUT2D eigenvalue weighted by Gasteiger charge is 2.18. The number of nitrogens with one attached hydrogen (secondary N) is 1. The van der Waals surface area contributed by atoms with Gasteiger partial charge in [-0.15, -0.1) is 0 Å². The molecule has 0 fully saturated rings. The van der Waals surface area contributed by atoms with E-state index in [9.17, 15) is 8.42 Å². The zero-order valence-electron chi connectivity index (χ0n) is 11.0. The topological polar surface area (TPSA) is 85.1 Å². The summed E-state index contributed by atoms with van der Waals surface area (Å²) in [6.07, 6.45) is 1.63. The zero-order valence-corrected chi connectivity index (χ0v) is 11.8. The molecule has 0 amide bonds. The minimum atomic E-state index is -3.73. The van der Waals surface area contributed by atoms with Crippen molar-refractivity contribution >= 4 is 32.3 Å². The molecule has 21 heavy (non-hydrogen) atoms. The van der Waals surface area contributed by atoms with E-state index in [1.165, 1.54) is 0 Å². The Morgan fingerprint density at radius 1 is 0.952 bits per heavy atom. The first-order valence-corrected chi connectivity index (χ1v) is 7.77. The molecule has 3 aromatic rings. The number of fused-ring (bicyclic) bond motifs is 1. The van der Waals surface area contributed by atoms with Crippen molar-refractivity contribution in [2.75, 3.05) is 10.5 Å². The number of aromatic nitrogens is 1. The van der Waals surface area contributed by atoms with E-state index >= 15 is 0 Å². The lowest BCUT2D eigenvalue weighted by Crippen LogP contribution is -2.14. The van der Waals surface area contributed by atoms with E-state index in [0.717, 1.165) is 0 Å². The van der Waals surface area contributed by atoms with Crippen molar-refractivity contribution in [2.45, 2.75) is 4.90 Å². The van der Waals surface area contributed by atoms with Crippen LogP contribution in [0.25, 0.3) is 10.9 Å². The van der Waals surface area contributed by atoms with E-state index < -0.39 is 10.0 Å². The van der Waals surface area contributed by atoms with Crippen LogP contribution in [0.3, 0.4) is 0 Å². The Morgan fingerprint density at radius 3 is 2.57 bits per heavy atom. The van der Waals surface area contributed by atoms with Crippen LogP contribution in [0.5, 0.6) is 0 Å². The van der Waals surface area contributed by atoms with Gasteiger partial charge < -0.3 is 5.73 Å². The van der Waals surface area contributed by atoms with Gasteiger partial charge >= 0.3 is 0 Å². The second-order valence-electron chi connectivity index (χ2n) is 4.52. The van der Waals surface area contributed by atoms with E-state index in [1.807, 2.05) is 0 Å². The van der Waals surface area contributed by atoms with Crippen LogP contribution in [0.1, 0.15) is 0 Å². The molecule has 0 aliphatic rings. The van der Waals surface area contributed by atoms with E-state index in [4.69, 9.17) is 5.73 Å². The van der Waals surface area contributed by atoms with Gasteiger partial charge in [-0.1, -0.05) is 18.2 Å². The van der Waals surface area contributed by atoms with Crippen molar-refractivity contribution < 1.29 is 8.42 Å².